The van der Waals surface area contributed by atoms with Crippen LogP contribution in [0.2, 0.25) is 0 Å². The lowest BCUT2D eigenvalue weighted by molar-refractivity contribution is 0.102. The smallest absolute Gasteiger partial charge is 0.196 e. The van der Waals surface area contributed by atoms with Crippen molar-refractivity contribution in [1.29, 1.82) is 0 Å². The Morgan fingerprint density at radius 3 is 2.61 bits per heavy atom. The molecule has 4 rings (SSSR count). The largest absolute Gasteiger partial charge is 0.495 e. The predicted molar refractivity (Wildman–Crippen MR) is 118 cm³/mol. The van der Waals surface area contributed by atoms with E-state index in [1.165, 1.54) is 23.9 Å². The van der Waals surface area contributed by atoms with E-state index >= 15 is 0 Å². The topological polar surface area (TPSA) is 61.9 Å². The first-order valence-electron chi connectivity index (χ1n) is 9.64. The van der Waals surface area contributed by atoms with Crippen LogP contribution >= 0.6 is 11.8 Å². The number of rotatable bonds is 7. The molecule has 2 aromatic heterocycles. The van der Waals surface area contributed by atoms with Gasteiger partial charge in [0, 0.05) is 22.6 Å². The fourth-order valence-corrected chi connectivity index (χ4v) is 4.36. The van der Waals surface area contributed by atoms with Gasteiger partial charge in [-0.05, 0) is 56.3 Å². The second-order valence-electron chi connectivity index (χ2n) is 6.96. The average molecular weight is 437 g/mol. The van der Waals surface area contributed by atoms with E-state index < -0.39 is 0 Å². The normalized spacial score (nSPS) is 11.0. The molecule has 2 heterocycles. The van der Waals surface area contributed by atoms with E-state index in [0.29, 0.717) is 16.5 Å². The summed E-state index contributed by atoms with van der Waals surface area (Å²) < 4.78 is 22.5. The summed E-state index contributed by atoms with van der Waals surface area (Å²) in [7, 11) is 1.61. The molecular formula is C23H21FN4O2S. The van der Waals surface area contributed by atoms with Crippen LogP contribution < -0.4 is 4.74 Å². The molecule has 0 N–H and O–H groups in total. The van der Waals surface area contributed by atoms with Crippen molar-refractivity contribution < 1.29 is 13.9 Å². The summed E-state index contributed by atoms with van der Waals surface area (Å²) in [6.07, 6.45) is 1.60. The zero-order valence-corrected chi connectivity index (χ0v) is 18.2. The van der Waals surface area contributed by atoms with Crippen molar-refractivity contribution in [3.63, 3.8) is 0 Å². The molecule has 2 aromatic carbocycles. The Balaban J connectivity index is 1.55. The molecule has 0 aliphatic carbocycles. The number of aromatic nitrogens is 4. The second-order valence-corrected chi connectivity index (χ2v) is 7.91. The third-order valence-corrected chi connectivity index (χ3v) is 5.95. The first-order valence-corrected chi connectivity index (χ1v) is 10.6. The lowest BCUT2D eigenvalue weighted by atomic mass is 10.2. The number of hydrogen-bond donors (Lipinski definition) is 0. The number of hydrogen-bond acceptors (Lipinski definition) is 5. The minimum absolute atomic E-state index is 0.0129. The minimum atomic E-state index is -0.293. The van der Waals surface area contributed by atoms with Crippen LogP contribution in [-0.4, -0.2) is 38.0 Å². The SMILES string of the molecule is COc1ccccc1-n1cnnc1SCC(=O)c1cc(C)n(-c2ccc(F)cc2)c1C. The number of aryl methyl sites for hydroxylation is 1. The van der Waals surface area contributed by atoms with Gasteiger partial charge in [0.15, 0.2) is 10.9 Å². The number of carbonyl (C=O) groups excluding carboxylic acids is 1. The van der Waals surface area contributed by atoms with E-state index in [4.69, 9.17) is 4.74 Å². The minimum Gasteiger partial charge on any atom is -0.495 e. The van der Waals surface area contributed by atoms with Crippen LogP contribution in [0.3, 0.4) is 0 Å². The summed E-state index contributed by atoms with van der Waals surface area (Å²) in [5, 5.41) is 8.76. The Morgan fingerprint density at radius 2 is 1.87 bits per heavy atom. The van der Waals surface area contributed by atoms with Crippen molar-refractivity contribution in [3.8, 4) is 17.1 Å². The number of halogens is 1. The molecule has 31 heavy (non-hydrogen) atoms. The van der Waals surface area contributed by atoms with Gasteiger partial charge in [0.25, 0.3) is 0 Å². The van der Waals surface area contributed by atoms with Gasteiger partial charge in [0.05, 0.1) is 18.6 Å². The number of Topliss-reactive ketones (excluding diaryl/α,β-unsaturated/α-hetero) is 1. The summed E-state index contributed by atoms with van der Waals surface area (Å²) in [5.41, 5.74) is 3.99. The highest BCUT2D eigenvalue weighted by molar-refractivity contribution is 7.99. The Kier molecular flexibility index (Phi) is 5.90. The molecule has 0 aliphatic heterocycles. The lowest BCUT2D eigenvalue weighted by Gasteiger charge is -2.11. The third kappa shape index (κ3) is 4.11. The first-order chi connectivity index (χ1) is 15.0. The average Bonchev–Trinajstić information content (AvgIpc) is 3.36. The van der Waals surface area contributed by atoms with Crippen LogP contribution in [0.25, 0.3) is 11.4 Å². The van der Waals surface area contributed by atoms with E-state index in [1.807, 2.05) is 48.7 Å². The number of ether oxygens (including phenoxy) is 1. The predicted octanol–water partition coefficient (Wildman–Crippen LogP) is 4.80. The van der Waals surface area contributed by atoms with Crippen molar-refractivity contribution in [2.75, 3.05) is 12.9 Å². The standard InChI is InChI=1S/C23H21FN4O2S/c1-15-12-19(16(2)28(15)18-10-8-17(24)9-11-18)21(29)13-31-23-26-25-14-27(23)20-6-4-5-7-22(20)30-3/h4-12,14H,13H2,1-3H3. The molecule has 0 saturated heterocycles. The van der Waals surface area contributed by atoms with Gasteiger partial charge in [-0.2, -0.15) is 0 Å². The fraction of sp³-hybridized carbons (Fsp3) is 0.174. The monoisotopic (exact) mass is 436 g/mol. The lowest BCUT2D eigenvalue weighted by Crippen LogP contribution is -2.07. The van der Waals surface area contributed by atoms with Crippen LogP contribution in [0.4, 0.5) is 4.39 Å². The molecule has 0 saturated carbocycles. The van der Waals surface area contributed by atoms with E-state index in [1.54, 1.807) is 30.1 Å². The summed E-state index contributed by atoms with van der Waals surface area (Å²) >= 11 is 1.32. The molecule has 0 unspecified atom stereocenters. The van der Waals surface area contributed by atoms with E-state index in [2.05, 4.69) is 10.2 Å². The highest BCUT2D eigenvalue weighted by atomic mass is 32.2. The maximum Gasteiger partial charge on any atom is 0.196 e. The van der Waals surface area contributed by atoms with Gasteiger partial charge in [-0.15, -0.1) is 10.2 Å². The van der Waals surface area contributed by atoms with Crippen molar-refractivity contribution in [3.05, 3.63) is 83.7 Å². The van der Waals surface area contributed by atoms with E-state index in [-0.39, 0.29) is 17.4 Å². The molecule has 0 fully saturated rings. The van der Waals surface area contributed by atoms with Crippen molar-refractivity contribution in [2.45, 2.75) is 19.0 Å². The molecule has 0 amide bonds. The number of methoxy groups -OCH3 is 1. The summed E-state index contributed by atoms with van der Waals surface area (Å²) in [6, 6.07) is 15.7. The highest BCUT2D eigenvalue weighted by Crippen LogP contribution is 2.28. The van der Waals surface area contributed by atoms with Gasteiger partial charge < -0.3 is 9.30 Å². The first kappa shape index (κ1) is 20.9. The molecule has 0 radical (unpaired) electrons. The summed E-state index contributed by atoms with van der Waals surface area (Å²) in [5.74, 6) is 0.596. The summed E-state index contributed by atoms with van der Waals surface area (Å²) in [4.78, 5) is 13.0. The van der Waals surface area contributed by atoms with Gasteiger partial charge in [0.1, 0.15) is 17.9 Å². The van der Waals surface area contributed by atoms with Crippen LogP contribution in [0.15, 0.2) is 66.1 Å². The number of para-hydroxylation sites is 2. The van der Waals surface area contributed by atoms with Crippen molar-refractivity contribution in [1.82, 2.24) is 19.3 Å². The Morgan fingerprint density at radius 1 is 1.13 bits per heavy atom. The molecule has 158 valence electrons. The van der Waals surface area contributed by atoms with Crippen LogP contribution in [0.1, 0.15) is 21.7 Å². The summed E-state index contributed by atoms with van der Waals surface area (Å²) in [6.45, 7) is 3.82. The van der Waals surface area contributed by atoms with Crippen LogP contribution in [0, 0.1) is 19.7 Å². The molecule has 6 nitrogen and oxygen atoms in total. The Labute approximate surface area is 183 Å². The maximum atomic E-state index is 13.3. The number of ketones is 1. The Bertz CT molecular complexity index is 1230. The van der Waals surface area contributed by atoms with Crippen LogP contribution in [-0.2, 0) is 0 Å². The number of carbonyl (C=O) groups is 1. The van der Waals surface area contributed by atoms with Gasteiger partial charge in [-0.1, -0.05) is 23.9 Å². The molecule has 0 aliphatic rings. The second kappa shape index (κ2) is 8.77. The molecule has 8 heteroatoms. The van der Waals surface area contributed by atoms with Gasteiger partial charge >= 0.3 is 0 Å². The van der Waals surface area contributed by atoms with Crippen LogP contribution in [0.5, 0.6) is 5.75 Å². The van der Waals surface area contributed by atoms with Gasteiger partial charge in [-0.25, -0.2) is 4.39 Å². The quantitative estimate of drug-likeness (QED) is 0.308. The van der Waals surface area contributed by atoms with Gasteiger partial charge in [-0.3, -0.25) is 9.36 Å². The number of nitrogens with zero attached hydrogens (tertiary/aromatic N) is 4. The molecular weight excluding hydrogens is 415 g/mol. The molecule has 0 bridgehead atoms. The third-order valence-electron chi connectivity index (χ3n) is 5.01. The fourth-order valence-electron chi connectivity index (χ4n) is 3.56. The molecule has 4 aromatic rings. The molecule has 0 atom stereocenters. The maximum absolute atomic E-state index is 13.3. The Hall–Kier alpha value is -3.39. The van der Waals surface area contributed by atoms with Crippen molar-refractivity contribution >= 4 is 17.5 Å². The number of thioether (sulfide) groups is 1. The van der Waals surface area contributed by atoms with Gasteiger partial charge in [0.2, 0.25) is 0 Å². The number of benzene rings is 2. The van der Waals surface area contributed by atoms with E-state index in [0.717, 1.165) is 22.8 Å². The highest BCUT2D eigenvalue weighted by Gasteiger charge is 2.19. The zero-order valence-electron chi connectivity index (χ0n) is 17.4. The zero-order chi connectivity index (χ0) is 22.0. The molecule has 0 spiro atoms. The van der Waals surface area contributed by atoms with E-state index in [9.17, 15) is 9.18 Å². The van der Waals surface area contributed by atoms with Crippen molar-refractivity contribution in [2.24, 2.45) is 0 Å².